The van der Waals surface area contributed by atoms with Crippen molar-refractivity contribution in [1.29, 1.82) is 0 Å². The second-order valence-corrected chi connectivity index (χ2v) is 2.57. The minimum atomic E-state index is -5.17. The van der Waals surface area contributed by atoms with E-state index in [1.54, 1.807) is 0 Å². The van der Waals surface area contributed by atoms with Gasteiger partial charge in [0.15, 0.2) is 0 Å². The van der Waals surface area contributed by atoms with Gasteiger partial charge in [0.05, 0.1) is 0 Å². The fraction of sp³-hybridized carbons (Fsp3) is 0. The molecule has 0 aromatic rings. The normalized spacial score (nSPS) is 9.67. The van der Waals surface area contributed by atoms with Gasteiger partial charge in [-0.25, -0.2) is 0 Å². The Hall–Kier alpha value is 0.609. The van der Waals surface area contributed by atoms with Crippen molar-refractivity contribution < 1.29 is 52.1 Å². The predicted molar refractivity (Wildman–Crippen MR) is 35.0 cm³/mol. The maximum Gasteiger partial charge on any atom is 2.00 e. The molecule has 0 unspecified atom stereocenters. The van der Waals surface area contributed by atoms with Gasteiger partial charge in [-0.15, -0.1) is 0 Å². The van der Waals surface area contributed by atoms with Crippen LogP contribution in [0.5, 0.6) is 0 Å². The summed E-state index contributed by atoms with van der Waals surface area (Å²) in [5, 5.41) is 0. The first kappa shape index (κ1) is 22.9. The molecule has 0 radical (unpaired) electrons. The van der Waals surface area contributed by atoms with Gasteiger partial charge in [0, 0.05) is 10.4 Å². The summed E-state index contributed by atoms with van der Waals surface area (Å²) in [5.74, 6) is 0. The summed E-state index contributed by atoms with van der Waals surface area (Å²) in [5.41, 5.74) is 0. The summed E-state index contributed by atoms with van der Waals surface area (Å²) < 4.78 is 65.7. The Morgan fingerprint density at radius 2 is 0.917 bits per heavy atom. The molecule has 2 N–H and O–H groups in total. The summed E-state index contributed by atoms with van der Waals surface area (Å²) in [6.07, 6.45) is 0. The van der Waals surface area contributed by atoms with E-state index in [-0.39, 0.29) is 30.6 Å². The monoisotopic (exact) mass is 284 g/mol. The van der Waals surface area contributed by atoms with Crippen molar-refractivity contribution in [3.63, 3.8) is 0 Å². The summed E-state index contributed by atoms with van der Waals surface area (Å²) in [6.45, 7) is 0. The van der Waals surface area contributed by atoms with Gasteiger partial charge in [-0.05, 0) is 0 Å². The first-order valence-electron chi connectivity index (χ1n) is 1.37. The summed E-state index contributed by atoms with van der Waals surface area (Å²) >= 11 is 0. The van der Waals surface area contributed by atoms with Crippen molar-refractivity contribution in [2.45, 2.75) is 0 Å². The van der Waals surface area contributed by atoms with Crippen LogP contribution in [0.1, 0.15) is 0 Å². The third-order valence-electron chi connectivity index (χ3n) is 0. The maximum atomic E-state index is 8.74. The maximum absolute atomic E-state index is 8.74. The number of hydrogen-bond donors (Lipinski definition) is 2. The number of hydrogen-bond acceptors (Lipinski definition) is 6. The standard InChI is InChI=1S/Fe.2H2O4S.H2S/c;2*1-5(2,3)4;/h;2*(H2,1,2,3,4);1H2/q+2;;;/p-2. The molecular formula is H4FeO8S3. The molecule has 12 heavy (non-hydrogen) atoms. The molecule has 0 heterocycles. The third-order valence-corrected chi connectivity index (χ3v) is 0. The molecule has 0 saturated carbocycles. The van der Waals surface area contributed by atoms with E-state index in [1.807, 2.05) is 0 Å². The van der Waals surface area contributed by atoms with Crippen LogP contribution in [0.4, 0.5) is 0 Å². The molecule has 8 nitrogen and oxygen atoms in total. The van der Waals surface area contributed by atoms with Crippen LogP contribution in [-0.4, -0.2) is 35.0 Å². The van der Waals surface area contributed by atoms with Crippen molar-refractivity contribution in [2.75, 3.05) is 0 Å². The van der Waals surface area contributed by atoms with Crippen LogP contribution in [0.3, 0.4) is 0 Å². The molecule has 0 aromatic carbocycles. The molecule has 0 saturated heterocycles. The summed E-state index contributed by atoms with van der Waals surface area (Å²) in [7, 11) is -9.83. The van der Waals surface area contributed by atoms with Gasteiger partial charge in [0.25, 0.3) is 0 Å². The first-order valence-corrected chi connectivity index (χ1v) is 4.10. The van der Waals surface area contributed by atoms with Crippen LogP contribution in [0, 0.1) is 0 Å². The van der Waals surface area contributed by atoms with Crippen LogP contribution in [0.2, 0.25) is 0 Å². The molecule has 0 spiro atoms. The van der Waals surface area contributed by atoms with Crippen LogP contribution < -0.4 is 0 Å². The van der Waals surface area contributed by atoms with E-state index in [1.165, 1.54) is 0 Å². The molecule has 0 rings (SSSR count). The van der Waals surface area contributed by atoms with Crippen LogP contribution in [-0.2, 0) is 37.9 Å². The predicted octanol–water partition coefficient (Wildman–Crippen LogP) is -1.88. The molecule has 0 atom stereocenters. The van der Waals surface area contributed by atoms with E-state index in [0.717, 1.165) is 0 Å². The molecule has 0 bridgehead atoms. The van der Waals surface area contributed by atoms with Crippen LogP contribution >= 0.6 is 13.5 Å². The first-order chi connectivity index (χ1) is 4.00. The second-order valence-electron chi connectivity index (χ2n) is 0.856. The smallest absolute Gasteiger partial charge is 0.759 e. The van der Waals surface area contributed by atoms with Gasteiger partial charge in [0.2, 0.25) is 0 Å². The Bertz CT molecular complexity index is 211. The zero-order valence-electron chi connectivity index (χ0n) is 5.01. The van der Waals surface area contributed by atoms with Gasteiger partial charge in [-0.3, -0.25) is 17.5 Å². The Balaban J connectivity index is -0.0000000457. The van der Waals surface area contributed by atoms with Crippen molar-refractivity contribution >= 4 is 34.3 Å². The van der Waals surface area contributed by atoms with Gasteiger partial charge < -0.3 is 9.11 Å². The largest absolute Gasteiger partial charge is 2.00 e. The van der Waals surface area contributed by atoms with Gasteiger partial charge in [0.1, 0.15) is 0 Å². The fourth-order valence-electron chi connectivity index (χ4n) is 0. The third kappa shape index (κ3) is 2640. The molecule has 0 amide bonds. The average Bonchev–Trinajstić information content (AvgIpc) is 1.12. The van der Waals surface area contributed by atoms with E-state index in [0.29, 0.717) is 0 Å². The zero-order chi connectivity index (χ0) is 9.00. The van der Waals surface area contributed by atoms with Gasteiger partial charge >= 0.3 is 27.5 Å². The van der Waals surface area contributed by atoms with Crippen molar-refractivity contribution in [2.24, 2.45) is 0 Å². The van der Waals surface area contributed by atoms with E-state index >= 15 is 0 Å². The Morgan fingerprint density at radius 1 is 0.917 bits per heavy atom. The molecule has 0 aliphatic carbocycles. The van der Waals surface area contributed by atoms with Gasteiger partial charge in [-0.2, -0.15) is 21.9 Å². The Morgan fingerprint density at radius 3 is 0.917 bits per heavy atom. The number of rotatable bonds is 0. The molecule has 0 aliphatic rings. The topological polar surface area (TPSA) is 155 Å². The molecule has 0 fully saturated rings. The molecule has 12 heteroatoms. The van der Waals surface area contributed by atoms with Crippen LogP contribution in [0.25, 0.3) is 0 Å². The van der Waals surface area contributed by atoms with E-state index < -0.39 is 20.8 Å². The van der Waals surface area contributed by atoms with Crippen molar-refractivity contribution in [3.8, 4) is 0 Å². The molecular weight excluding hydrogens is 280 g/mol. The zero-order valence-corrected chi connectivity index (χ0v) is 8.75. The van der Waals surface area contributed by atoms with Crippen molar-refractivity contribution in [3.05, 3.63) is 0 Å². The minimum Gasteiger partial charge on any atom is -0.759 e. The summed E-state index contributed by atoms with van der Waals surface area (Å²) in [4.78, 5) is 0. The van der Waals surface area contributed by atoms with E-state index in [2.05, 4.69) is 0 Å². The van der Waals surface area contributed by atoms with E-state index in [4.69, 9.17) is 35.0 Å². The SMILES string of the molecule is O=S(=O)(O)O.O=S(=O)([O-])[O-].S.[Fe+2]. The molecule has 78 valence electrons. The van der Waals surface area contributed by atoms with Crippen molar-refractivity contribution in [1.82, 2.24) is 0 Å². The Kier molecular flexibility index (Phi) is 15.7. The second kappa shape index (κ2) is 8.22. The molecule has 0 aliphatic heterocycles. The fourth-order valence-corrected chi connectivity index (χ4v) is 0. The molecule has 0 aromatic heterocycles. The van der Waals surface area contributed by atoms with Gasteiger partial charge in [-0.1, -0.05) is 0 Å². The minimum absolute atomic E-state index is 0. The van der Waals surface area contributed by atoms with E-state index in [9.17, 15) is 0 Å². The quantitative estimate of drug-likeness (QED) is 0.297. The Labute approximate surface area is 86.4 Å². The summed E-state index contributed by atoms with van der Waals surface area (Å²) in [6, 6.07) is 0. The van der Waals surface area contributed by atoms with Crippen LogP contribution in [0.15, 0.2) is 0 Å². The average molecular weight is 284 g/mol.